The molecule has 1 rings (SSSR count). The molecule has 0 atom stereocenters. The summed E-state index contributed by atoms with van der Waals surface area (Å²) in [7, 11) is 0. The lowest BCUT2D eigenvalue weighted by atomic mass is 9.96. The second-order valence-corrected chi connectivity index (χ2v) is 4.55. The van der Waals surface area contributed by atoms with Crippen LogP contribution in [0.15, 0.2) is 4.99 Å². The van der Waals surface area contributed by atoms with E-state index in [4.69, 9.17) is 4.74 Å². The Hall–Kier alpha value is -0.860. The van der Waals surface area contributed by atoms with Gasteiger partial charge in [-0.1, -0.05) is 26.2 Å². The molecule has 1 fully saturated rings. The van der Waals surface area contributed by atoms with Crippen LogP contribution in [-0.4, -0.2) is 24.3 Å². The molecule has 0 saturated heterocycles. The van der Waals surface area contributed by atoms with E-state index in [0.717, 1.165) is 12.1 Å². The van der Waals surface area contributed by atoms with Crippen LogP contribution < -0.4 is 0 Å². The van der Waals surface area contributed by atoms with E-state index < -0.39 is 0 Å². The average Bonchev–Trinajstić information content (AvgIpc) is 2.27. The highest BCUT2D eigenvalue weighted by Crippen LogP contribution is 2.20. The van der Waals surface area contributed by atoms with Crippen molar-refractivity contribution in [1.82, 2.24) is 0 Å². The first-order valence-corrected chi connectivity index (χ1v) is 6.41. The van der Waals surface area contributed by atoms with Gasteiger partial charge in [0.05, 0.1) is 13.0 Å². The third-order valence-electron chi connectivity index (χ3n) is 2.85. The highest BCUT2D eigenvalue weighted by atomic mass is 16.5. The van der Waals surface area contributed by atoms with Crippen LogP contribution in [0, 0.1) is 0 Å². The summed E-state index contributed by atoms with van der Waals surface area (Å²) >= 11 is 0. The summed E-state index contributed by atoms with van der Waals surface area (Å²) in [5.41, 5.74) is 0.924. The Labute approximate surface area is 98.3 Å². The number of rotatable bonds is 5. The minimum Gasteiger partial charge on any atom is -0.465 e. The first-order chi connectivity index (χ1) is 7.72. The number of aliphatic imine (C=N–C) groups is 1. The van der Waals surface area contributed by atoms with E-state index in [1.807, 2.05) is 13.8 Å². The molecular weight excluding hydrogens is 202 g/mol. The van der Waals surface area contributed by atoms with Gasteiger partial charge in [-0.2, -0.15) is 0 Å². The average molecular weight is 225 g/mol. The molecule has 3 nitrogen and oxygen atoms in total. The molecule has 1 saturated carbocycles. The van der Waals surface area contributed by atoms with Crippen LogP contribution >= 0.6 is 0 Å². The number of carbonyl (C=O) groups excluding carboxylic acids is 1. The van der Waals surface area contributed by atoms with E-state index in [1.165, 1.54) is 32.1 Å². The summed E-state index contributed by atoms with van der Waals surface area (Å²) in [6, 6.07) is 0.452. The zero-order valence-electron chi connectivity index (χ0n) is 10.5. The standard InChI is InChI=1S/C13H23NO2/c1-3-9-16-13(15)10-11(2)14-12-7-5-4-6-8-12/h12H,3-10H2,1-2H3/b14-11-. The van der Waals surface area contributed by atoms with E-state index >= 15 is 0 Å². The van der Waals surface area contributed by atoms with Gasteiger partial charge in [0.1, 0.15) is 0 Å². The molecule has 3 heteroatoms. The Bertz CT molecular complexity index is 242. The Balaban J connectivity index is 2.29. The monoisotopic (exact) mass is 225 g/mol. The quantitative estimate of drug-likeness (QED) is 0.532. The van der Waals surface area contributed by atoms with Crippen LogP contribution in [0.4, 0.5) is 0 Å². The van der Waals surface area contributed by atoms with E-state index in [-0.39, 0.29) is 5.97 Å². The molecule has 0 aromatic rings. The van der Waals surface area contributed by atoms with Gasteiger partial charge in [0.15, 0.2) is 0 Å². The van der Waals surface area contributed by atoms with Crippen molar-refractivity contribution in [3.8, 4) is 0 Å². The van der Waals surface area contributed by atoms with Crippen molar-refractivity contribution in [1.29, 1.82) is 0 Å². The predicted octanol–water partition coefficient (Wildman–Crippen LogP) is 3.12. The number of hydrogen-bond donors (Lipinski definition) is 0. The smallest absolute Gasteiger partial charge is 0.311 e. The second kappa shape index (κ2) is 7.42. The van der Waals surface area contributed by atoms with E-state index in [9.17, 15) is 4.79 Å². The highest BCUT2D eigenvalue weighted by Gasteiger charge is 2.13. The number of ether oxygens (including phenoxy) is 1. The Morgan fingerprint density at radius 2 is 2.00 bits per heavy atom. The Kier molecular flexibility index (Phi) is 6.12. The summed E-state index contributed by atoms with van der Waals surface area (Å²) < 4.78 is 5.03. The van der Waals surface area contributed by atoms with Gasteiger partial charge in [0, 0.05) is 11.8 Å². The van der Waals surface area contributed by atoms with Gasteiger partial charge in [0.25, 0.3) is 0 Å². The first-order valence-electron chi connectivity index (χ1n) is 6.41. The number of carbonyl (C=O) groups is 1. The fourth-order valence-corrected chi connectivity index (χ4v) is 2.04. The summed E-state index contributed by atoms with van der Waals surface area (Å²) in [6.07, 6.45) is 7.50. The van der Waals surface area contributed by atoms with Gasteiger partial charge in [-0.3, -0.25) is 9.79 Å². The molecule has 16 heavy (non-hydrogen) atoms. The van der Waals surface area contributed by atoms with Crippen molar-refractivity contribution in [2.45, 2.75) is 64.8 Å². The molecule has 0 spiro atoms. The van der Waals surface area contributed by atoms with Crippen LogP contribution in [0.25, 0.3) is 0 Å². The van der Waals surface area contributed by atoms with Gasteiger partial charge in [-0.15, -0.1) is 0 Å². The minimum absolute atomic E-state index is 0.140. The van der Waals surface area contributed by atoms with Crippen molar-refractivity contribution < 1.29 is 9.53 Å². The van der Waals surface area contributed by atoms with Crippen molar-refractivity contribution in [3.63, 3.8) is 0 Å². The van der Waals surface area contributed by atoms with Gasteiger partial charge >= 0.3 is 5.97 Å². The normalized spacial score (nSPS) is 18.5. The molecule has 0 heterocycles. The predicted molar refractivity (Wildman–Crippen MR) is 65.8 cm³/mol. The molecule has 1 aliphatic carbocycles. The molecule has 0 bridgehead atoms. The van der Waals surface area contributed by atoms with Crippen LogP contribution in [0.2, 0.25) is 0 Å². The molecule has 0 N–H and O–H groups in total. The van der Waals surface area contributed by atoms with Crippen LogP contribution in [0.3, 0.4) is 0 Å². The van der Waals surface area contributed by atoms with Gasteiger partial charge < -0.3 is 4.74 Å². The number of esters is 1. The maximum absolute atomic E-state index is 11.4. The fourth-order valence-electron chi connectivity index (χ4n) is 2.04. The topological polar surface area (TPSA) is 38.7 Å². The SMILES string of the molecule is CCCOC(=O)C/C(C)=N\C1CCCCC1. The van der Waals surface area contributed by atoms with Crippen molar-refractivity contribution in [3.05, 3.63) is 0 Å². The van der Waals surface area contributed by atoms with Gasteiger partial charge in [-0.05, 0) is 26.2 Å². The lowest BCUT2D eigenvalue weighted by Gasteiger charge is -2.18. The third-order valence-corrected chi connectivity index (χ3v) is 2.85. The summed E-state index contributed by atoms with van der Waals surface area (Å²) in [5.74, 6) is -0.140. The van der Waals surface area contributed by atoms with Crippen LogP contribution in [-0.2, 0) is 9.53 Å². The molecule has 0 aromatic carbocycles. The van der Waals surface area contributed by atoms with E-state index in [1.54, 1.807) is 0 Å². The maximum Gasteiger partial charge on any atom is 0.311 e. The fraction of sp³-hybridized carbons (Fsp3) is 0.846. The molecule has 0 aliphatic heterocycles. The summed E-state index contributed by atoms with van der Waals surface area (Å²) in [5, 5.41) is 0. The lowest BCUT2D eigenvalue weighted by molar-refractivity contribution is -0.142. The van der Waals surface area contributed by atoms with Crippen molar-refractivity contribution >= 4 is 11.7 Å². The van der Waals surface area contributed by atoms with Crippen molar-refractivity contribution in [2.75, 3.05) is 6.61 Å². The molecule has 0 radical (unpaired) electrons. The lowest BCUT2D eigenvalue weighted by Crippen LogP contribution is -2.15. The largest absolute Gasteiger partial charge is 0.465 e. The number of hydrogen-bond acceptors (Lipinski definition) is 3. The van der Waals surface area contributed by atoms with Gasteiger partial charge in [0.2, 0.25) is 0 Å². The molecule has 1 aliphatic rings. The van der Waals surface area contributed by atoms with Crippen LogP contribution in [0.5, 0.6) is 0 Å². The molecule has 92 valence electrons. The zero-order chi connectivity index (χ0) is 11.8. The molecule has 0 aromatic heterocycles. The van der Waals surface area contributed by atoms with Crippen molar-refractivity contribution in [2.24, 2.45) is 4.99 Å². The molecule has 0 unspecified atom stereocenters. The van der Waals surface area contributed by atoms with Crippen LogP contribution in [0.1, 0.15) is 58.8 Å². The van der Waals surface area contributed by atoms with E-state index in [0.29, 0.717) is 19.1 Å². The Morgan fingerprint density at radius 1 is 1.31 bits per heavy atom. The third kappa shape index (κ3) is 5.29. The Morgan fingerprint density at radius 3 is 2.62 bits per heavy atom. The molecular formula is C13H23NO2. The highest BCUT2D eigenvalue weighted by molar-refractivity contribution is 5.97. The summed E-state index contributed by atoms with van der Waals surface area (Å²) in [4.78, 5) is 16.0. The minimum atomic E-state index is -0.140. The molecule has 0 amide bonds. The maximum atomic E-state index is 11.4. The summed E-state index contributed by atoms with van der Waals surface area (Å²) in [6.45, 7) is 4.45. The second-order valence-electron chi connectivity index (χ2n) is 4.55. The van der Waals surface area contributed by atoms with E-state index in [2.05, 4.69) is 4.99 Å². The first kappa shape index (κ1) is 13.2. The van der Waals surface area contributed by atoms with Gasteiger partial charge in [-0.25, -0.2) is 0 Å². The number of nitrogens with zero attached hydrogens (tertiary/aromatic N) is 1. The zero-order valence-corrected chi connectivity index (χ0v) is 10.5.